The van der Waals surface area contributed by atoms with Crippen LogP contribution in [0.4, 0.5) is 17.2 Å². The summed E-state index contributed by atoms with van der Waals surface area (Å²) in [6.07, 6.45) is 8.18. The van der Waals surface area contributed by atoms with Crippen LogP contribution in [0.25, 0.3) is 0 Å². The Kier molecular flexibility index (Phi) is 6.69. The molecule has 33 heavy (non-hydrogen) atoms. The van der Waals surface area contributed by atoms with E-state index in [9.17, 15) is 9.59 Å². The number of nitrogens with one attached hydrogen (secondary N) is 3. The number of aromatic nitrogens is 4. The average Bonchev–Trinajstić information content (AvgIpc) is 3.69. The molecule has 0 radical (unpaired) electrons. The van der Waals surface area contributed by atoms with Gasteiger partial charge in [0.2, 0.25) is 0 Å². The van der Waals surface area contributed by atoms with E-state index in [0.29, 0.717) is 17.4 Å². The number of nitrogens with zero attached hydrogens (tertiary/aromatic N) is 4. The first kappa shape index (κ1) is 22.1. The molecular weight excluding hydrogens is 426 g/mol. The second kappa shape index (κ2) is 10.0. The van der Waals surface area contributed by atoms with E-state index in [2.05, 4.69) is 35.9 Å². The molecule has 11 heteroatoms. The van der Waals surface area contributed by atoms with Gasteiger partial charge in [-0.05, 0) is 31.0 Å². The maximum absolute atomic E-state index is 13.3. The van der Waals surface area contributed by atoms with Crippen LogP contribution in [0.3, 0.4) is 0 Å². The zero-order valence-electron chi connectivity index (χ0n) is 17.9. The summed E-state index contributed by atoms with van der Waals surface area (Å²) in [4.78, 5) is 42.5. The molecule has 4 rings (SSSR count). The summed E-state index contributed by atoms with van der Waals surface area (Å²) in [5.41, 5.74) is 1.87. The molecule has 0 saturated heterocycles. The van der Waals surface area contributed by atoms with Crippen LogP contribution in [-0.2, 0) is 0 Å². The molecule has 3 aromatic rings. The van der Waals surface area contributed by atoms with Gasteiger partial charge < -0.3 is 25.8 Å². The molecule has 2 aromatic heterocycles. The molecule has 1 fully saturated rings. The number of hydrogen-bond acceptors (Lipinski definition) is 9. The van der Waals surface area contributed by atoms with E-state index < -0.39 is 11.8 Å². The van der Waals surface area contributed by atoms with Gasteiger partial charge in [0.1, 0.15) is 18.7 Å². The molecule has 0 bridgehead atoms. The fourth-order valence-electron chi connectivity index (χ4n) is 3.12. The molecule has 0 unspecified atom stereocenters. The Hall–Kier alpha value is -4.12. The molecule has 1 aliphatic rings. The number of benzene rings is 1. The molecule has 1 aromatic carbocycles. The number of carbonyl (C=O) groups is 2. The summed E-state index contributed by atoms with van der Waals surface area (Å²) in [6, 6.07) is 4.66. The van der Waals surface area contributed by atoms with Crippen molar-refractivity contribution in [3.8, 4) is 5.75 Å². The highest BCUT2D eigenvalue weighted by atomic mass is 16.5. The number of rotatable bonds is 9. The average molecular weight is 449 g/mol. The number of aliphatic hydroxyl groups excluding tert-OH is 1. The Morgan fingerprint density at radius 2 is 1.94 bits per heavy atom. The monoisotopic (exact) mass is 449 g/mol. The van der Waals surface area contributed by atoms with Crippen molar-refractivity contribution in [3.63, 3.8) is 0 Å². The Bertz CT molecular complexity index is 1150. The largest absolute Gasteiger partial charge is 0.491 e. The van der Waals surface area contributed by atoms with Crippen molar-refractivity contribution in [2.75, 3.05) is 30.9 Å². The van der Waals surface area contributed by atoms with Gasteiger partial charge in [0.05, 0.1) is 47.8 Å². The number of ether oxygens (including phenoxy) is 1. The van der Waals surface area contributed by atoms with Crippen molar-refractivity contribution in [2.24, 2.45) is 0 Å². The van der Waals surface area contributed by atoms with Gasteiger partial charge in [-0.1, -0.05) is 0 Å². The highest BCUT2D eigenvalue weighted by Gasteiger charge is 2.28. The van der Waals surface area contributed by atoms with Gasteiger partial charge in [0, 0.05) is 13.0 Å². The SMILES string of the molecule is CNC(=O)c1cc(OCCO)ccc1NC(=O)c1nc(C2CC2)cnc1Nc1cncnc1. The Labute approximate surface area is 189 Å². The van der Waals surface area contributed by atoms with Gasteiger partial charge >= 0.3 is 0 Å². The van der Waals surface area contributed by atoms with Crippen molar-refractivity contribution in [3.05, 3.63) is 60.1 Å². The van der Waals surface area contributed by atoms with E-state index in [4.69, 9.17) is 9.84 Å². The fraction of sp³-hybridized carbons (Fsp3) is 0.273. The Morgan fingerprint density at radius 3 is 2.64 bits per heavy atom. The highest BCUT2D eigenvalue weighted by molar-refractivity contribution is 6.10. The quantitative estimate of drug-likeness (QED) is 0.384. The molecule has 170 valence electrons. The van der Waals surface area contributed by atoms with Crippen molar-refractivity contribution >= 4 is 29.0 Å². The van der Waals surface area contributed by atoms with Crippen LogP contribution in [0.2, 0.25) is 0 Å². The minimum Gasteiger partial charge on any atom is -0.491 e. The molecule has 2 heterocycles. The predicted octanol–water partition coefficient (Wildman–Crippen LogP) is 1.87. The number of anilines is 3. The smallest absolute Gasteiger partial charge is 0.278 e. The number of carbonyl (C=O) groups excluding carboxylic acids is 2. The minimum atomic E-state index is -0.529. The fourth-order valence-corrected chi connectivity index (χ4v) is 3.12. The third-order valence-corrected chi connectivity index (χ3v) is 4.90. The van der Waals surface area contributed by atoms with Crippen LogP contribution in [0.1, 0.15) is 45.3 Å². The van der Waals surface area contributed by atoms with E-state index in [-0.39, 0.29) is 36.0 Å². The summed E-state index contributed by atoms with van der Waals surface area (Å²) in [5, 5.41) is 17.3. The van der Waals surface area contributed by atoms with E-state index in [1.54, 1.807) is 30.7 Å². The number of hydrogen-bond donors (Lipinski definition) is 4. The van der Waals surface area contributed by atoms with Crippen LogP contribution < -0.4 is 20.7 Å². The second-order valence-corrected chi connectivity index (χ2v) is 7.33. The van der Waals surface area contributed by atoms with Gasteiger partial charge in [0.15, 0.2) is 11.5 Å². The lowest BCUT2D eigenvalue weighted by atomic mass is 10.1. The molecule has 2 amide bonds. The number of amides is 2. The molecule has 0 aliphatic heterocycles. The van der Waals surface area contributed by atoms with Crippen molar-refractivity contribution < 1.29 is 19.4 Å². The first-order valence-corrected chi connectivity index (χ1v) is 10.4. The van der Waals surface area contributed by atoms with Crippen LogP contribution in [-0.4, -0.2) is 57.1 Å². The van der Waals surface area contributed by atoms with E-state index in [1.165, 1.54) is 19.4 Å². The topological polar surface area (TPSA) is 151 Å². The zero-order chi connectivity index (χ0) is 23.2. The first-order valence-electron chi connectivity index (χ1n) is 10.4. The van der Waals surface area contributed by atoms with Crippen molar-refractivity contribution in [2.45, 2.75) is 18.8 Å². The standard InChI is InChI=1S/C22H23N7O4/c1-23-21(31)16-8-15(33-7-6-30)4-5-17(16)29-22(32)19-20(27-14-9-24-12-25-10-14)26-11-18(28-19)13-2-3-13/h4-5,8-13,30H,2-3,6-7H2,1H3,(H,23,31)(H,26,27)(H,29,32). The van der Waals surface area contributed by atoms with Crippen molar-refractivity contribution in [1.29, 1.82) is 0 Å². The molecule has 11 nitrogen and oxygen atoms in total. The lowest BCUT2D eigenvalue weighted by Gasteiger charge is -2.14. The maximum atomic E-state index is 13.3. The van der Waals surface area contributed by atoms with Crippen LogP contribution in [0.5, 0.6) is 5.75 Å². The van der Waals surface area contributed by atoms with Gasteiger partial charge in [-0.15, -0.1) is 0 Å². The van der Waals surface area contributed by atoms with Gasteiger partial charge in [-0.25, -0.2) is 19.9 Å². The summed E-state index contributed by atoms with van der Waals surface area (Å²) in [5.74, 6) is -0.00267. The predicted molar refractivity (Wildman–Crippen MR) is 120 cm³/mol. The Balaban J connectivity index is 1.64. The van der Waals surface area contributed by atoms with Crippen molar-refractivity contribution in [1.82, 2.24) is 25.3 Å². The minimum absolute atomic E-state index is 0.0840. The zero-order valence-corrected chi connectivity index (χ0v) is 17.9. The third kappa shape index (κ3) is 5.39. The van der Waals surface area contributed by atoms with Gasteiger partial charge in [-0.3, -0.25) is 9.59 Å². The Morgan fingerprint density at radius 1 is 1.15 bits per heavy atom. The van der Waals surface area contributed by atoms with Gasteiger partial charge in [-0.2, -0.15) is 0 Å². The van der Waals surface area contributed by atoms with Crippen LogP contribution in [0.15, 0.2) is 43.1 Å². The van der Waals surface area contributed by atoms with E-state index in [1.807, 2.05) is 0 Å². The molecule has 1 aliphatic carbocycles. The third-order valence-electron chi connectivity index (χ3n) is 4.90. The molecule has 4 N–H and O–H groups in total. The lowest BCUT2D eigenvalue weighted by molar-refractivity contribution is 0.0963. The normalized spacial score (nSPS) is 12.7. The summed E-state index contributed by atoms with van der Waals surface area (Å²) in [7, 11) is 1.49. The lowest BCUT2D eigenvalue weighted by Crippen LogP contribution is -2.23. The number of aliphatic hydroxyl groups is 1. The highest BCUT2D eigenvalue weighted by Crippen LogP contribution is 2.39. The molecule has 0 atom stereocenters. The molecule has 1 saturated carbocycles. The summed E-state index contributed by atoms with van der Waals surface area (Å²) in [6.45, 7) is -0.0767. The summed E-state index contributed by atoms with van der Waals surface area (Å²) < 4.78 is 5.38. The van der Waals surface area contributed by atoms with Crippen LogP contribution >= 0.6 is 0 Å². The van der Waals surface area contributed by atoms with Crippen LogP contribution in [0, 0.1) is 0 Å². The van der Waals surface area contributed by atoms with E-state index in [0.717, 1.165) is 18.5 Å². The van der Waals surface area contributed by atoms with E-state index >= 15 is 0 Å². The first-order chi connectivity index (χ1) is 16.1. The van der Waals surface area contributed by atoms with Gasteiger partial charge in [0.25, 0.3) is 11.8 Å². The molecular formula is C22H23N7O4. The summed E-state index contributed by atoms with van der Waals surface area (Å²) >= 11 is 0. The molecule has 0 spiro atoms. The maximum Gasteiger partial charge on any atom is 0.278 e. The second-order valence-electron chi connectivity index (χ2n) is 7.33.